The molecule has 0 rings (SSSR count). The molecule has 0 amide bonds. The Morgan fingerprint density at radius 2 is 1.36 bits per heavy atom. The molecular weight excluding hydrogens is 479 g/mol. The van der Waals surface area contributed by atoms with Crippen molar-refractivity contribution in [1.29, 1.82) is 0 Å². The highest BCUT2D eigenvalue weighted by molar-refractivity contribution is 14.1. The maximum atomic E-state index is 14.1. The van der Waals surface area contributed by atoms with E-state index in [1.807, 2.05) is 22.6 Å². The molecule has 0 saturated heterocycles. The standard InChI is InChI=1S/C11H14Cl2F7IO/c1-7(22-2,5-3-4-6-21)9(15,16)10(17,18)8(12,14)11(13,19)20/h3-6H2,1-2H3. The van der Waals surface area contributed by atoms with E-state index in [1.54, 1.807) is 0 Å². The van der Waals surface area contributed by atoms with Crippen molar-refractivity contribution in [2.45, 2.75) is 54.1 Å². The van der Waals surface area contributed by atoms with Crippen molar-refractivity contribution in [3.05, 3.63) is 0 Å². The summed E-state index contributed by atoms with van der Waals surface area (Å²) in [5.41, 5.74) is -2.91. The topological polar surface area (TPSA) is 9.23 Å². The Balaban J connectivity index is 5.74. The average molecular weight is 493 g/mol. The van der Waals surface area contributed by atoms with Crippen molar-refractivity contribution in [2.24, 2.45) is 0 Å². The molecule has 1 nitrogen and oxygen atoms in total. The monoisotopic (exact) mass is 492 g/mol. The molecule has 2 atom stereocenters. The molecule has 11 heteroatoms. The minimum Gasteiger partial charge on any atom is -0.372 e. The second-order valence-electron chi connectivity index (χ2n) is 4.80. The summed E-state index contributed by atoms with van der Waals surface area (Å²) in [5.74, 6) is -11.3. The fourth-order valence-electron chi connectivity index (χ4n) is 1.65. The van der Waals surface area contributed by atoms with Gasteiger partial charge in [0.25, 0.3) is 0 Å². The van der Waals surface area contributed by atoms with Gasteiger partial charge in [0.2, 0.25) is 0 Å². The molecule has 134 valence electrons. The maximum absolute atomic E-state index is 14.1. The molecule has 0 N–H and O–H groups in total. The summed E-state index contributed by atoms with van der Waals surface area (Å²) in [7, 11) is 0.695. The van der Waals surface area contributed by atoms with Crippen LogP contribution in [0.2, 0.25) is 0 Å². The van der Waals surface area contributed by atoms with Crippen LogP contribution in [-0.4, -0.2) is 39.5 Å². The Hall–Kier alpha value is 0.780. The first kappa shape index (κ1) is 22.8. The van der Waals surface area contributed by atoms with E-state index in [1.165, 1.54) is 0 Å². The highest BCUT2D eigenvalue weighted by Gasteiger charge is 2.82. The quantitative estimate of drug-likeness (QED) is 0.166. The van der Waals surface area contributed by atoms with Crippen LogP contribution < -0.4 is 0 Å². The van der Waals surface area contributed by atoms with Gasteiger partial charge in [-0.15, -0.1) is 0 Å². The molecule has 0 aliphatic carbocycles. The number of hydrogen-bond acceptors (Lipinski definition) is 1. The number of hydrogen-bond donors (Lipinski definition) is 0. The highest BCUT2D eigenvalue weighted by Crippen LogP contribution is 2.59. The first-order valence-corrected chi connectivity index (χ1v) is 8.22. The zero-order valence-corrected chi connectivity index (χ0v) is 15.2. The Morgan fingerprint density at radius 3 is 1.68 bits per heavy atom. The third-order valence-electron chi connectivity index (χ3n) is 3.30. The van der Waals surface area contributed by atoms with Gasteiger partial charge < -0.3 is 4.74 Å². The van der Waals surface area contributed by atoms with Gasteiger partial charge in [-0.25, -0.2) is 4.39 Å². The van der Waals surface area contributed by atoms with Crippen LogP contribution in [0.4, 0.5) is 30.7 Å². The summed E-state index contributed by atoms with van der Waals surface area (Å²) < 4.78 is 99.7. The summed E-state index contributed by atoms with van der Waals surface area (Å²) in [4.78, 5) is 0. The number of unbranched alkanes of at least 4 members (excludes halogenated alkanes) is 1. The molecular formula is C11H14Cl2F7IO. The SMILES string of the molecule is COC(C)(CCCCI)C(F)(F)C(F)(F)C(F)(Cl)C(F)(F)Cl. The third kappa shape index (κ3) is 3.88. The van der Waals surface area contributed by atoms with E-state index >= 15 is 0 Å². The largest absolute Gasteiger partial charge is 0.375 e. The molecule has 0 saturated carbocycles. The number of ether oxygens (including phenoxy) is 1. The third-order valence-corrected chi connectivity index (χ3v) is 4.89. The van der Waals surface area contributed by atoms with Gasteiger partial charge in [0.1, 0.15) is 5.60 Å². The Kier molecular flexibility index (Phi) is 7.61. The lowest BCUT2D eigenvalue weighted by molar-refractivity contribution is -0.334. The van der Waals surface area contributed by atoms with E-state index in [0.29, 0.717) is 24.9 Å². The van der Waals surface area contributed by atoms with Crippen LogP contribution in [0, 0.1) is 0 Å². The minimum atomic E-state index is -5.98. The average Bonchev–Trinajstić information content (AvgIpc) is 2.36. The first-order valence-electron chi connectivity index (χ1n) is 5.93. The predicted molar refractivity (Wildman–Crippen MR) is 78.5 cm³/mol. The Bertz CT molecular complexity index is 376. The molecule has 0 radical (unpaired) electrons. The van der Waals surface area contributed by atoms with Crippen LogP contribution in [0.1, 0.15) is 26.2 Å². The van der Waals surface area contributed by atoms with E-state index < -0.39 is 34.4 Å². The van der Waals surface area contributed by atoms with Crippen LogP contribution in [0.15, 0.2) is 0 Å². The van der Waals surface area contributed by atoms with Crippen LogP contribution >= 0.6 is 45.8 Å². The molecule has 0 aromatic heterocycles. The van der Waals surface area contributed by atoms with Crippen molar-refractivity contribution in [3.63, 3.8) is 0 Å². The summed E-state index contributed by atoms with van der Waals surface area (Å²) >= 11 is 10.5. The molecule has 0 bridgehead atoms. The van der Waals surface area contributed by atoms with Gasteiger partial charge in [-0.1, -0.05) is 34.2 Å². The number of halogens is 10. The Morgan fingerprint density at radius 1 is 0.909 bits per heavy atom. The predicted octanol–water partition coefficient (Wildman–Crippen LogP) is 6.00. The van der Waals surface area contributed by atoms with Crippen molar-refractivity contribution in [1.82, 2.24) is 0 Å². The van der Waals surface area contributed by atoms with Crippen molar-refractivity contribution in [3.8, 4) is 0 Å². The number of methoxy groups -OCH3 is 1. The zero-order chi connectivity index (χ0) is 18.0. The second-order valence-corrected chi connectivity index (χ2v) is 6.88. The Labute approximate surface area is 147 Å². The maximum Gasteiger partial charge on any atom is 0.375 e. The van der Waals surface area contributed by atoms with Crippen LogP contribution in [0.3, 0.4) is 0 Å². The molecule has 0 aliphatic heterocycles. The van der Waals surface area contributed by atoms with Gasteiger partial charge in [0.05, 0.1) is 0 Å². The first-order chi connectivity index (χ1) is 9.62. The molecule has 0 spiro atoms. The normalized spacial score (nSPS) is 19.6. The van der Waals surface area contributed by atoms with Gasteiger partial charge >= 0.3 is 22.4 Å². The van der Waals surface area contributed by atoms with Crippen LogP contribution in [0.25, 0.3) is 0 Å². The summed E-state index contributed by atoms with van der Waals surface area (Å²) in [6.45, 7) is 0.577. The highest BCUT2D eigenvalue weighted by atomic mass is 127. The van der Waals surface area contributed by atoms with Gasteiger partial charge in [0, 0.05) is 7.11 Å². The van der Waals surface area contributed by atoms with Crippen molar-refractivity contribution >= 4 is 45.8 Å². The van der Waals surface area contributed by atoms with Crippen LogP contribution in [-0.2, 0) is 4.74 Å². The van der Waals surface area contributed by atoms with E-state index in [9.17, 15) is 30.7 Å². The summed E-state index contributed by atoms with van der Waals surface area (Å²) in [6.07, 6.45) is -0.178. The molecule has 0 heterocycles. The summed E-state index contributed by atoms with van der Waals surface area (Å²) in [5, 5.41) is -10.9. The van der Waals surface area contributed by atoms with Gasteiger partial charge in [-0.05, 0) is 42.2 Å². The smallest absolute Gasteiger partial charge is 0.372 e. The lowest BCUT2D eigenvalue weighted by Gasteiger charge is -2.44. The molecule has 2 unspecified atom stereocenters. The number of rotatable bonds is 9. The lowest BCUT2D eigenvalue weighted by Crippen LogP contribution is -2.67. The molecule has 0 aromatic rings. The van der Waals surface area contributed by atoms with Gasteiger partial charge in [-0.3, -0.25) is 0 Å². The van der Waals surface area contributed by atoms with Crippen molar-refractivity contribution < 1.29 is 35.5 Å². The molecule has 22 heavy (non-hydrogen) atoms. The summed E-state index contributed by atoms with van der Waals surface area (Å²) in [6, 6.07) is 0. The molecule has 0 fully saturated rings. The fraction of sp³-hybridized carbons (Fsp3) is 1.00. The minimum absolute atomic E-state index is 0.0395. The van der Waals surface area contributed by atoms with Crippen molar-refractivity contribution in [2.75, 3.05) is 11.5 Å². The van der Waals surface area contributed by atoms with Gasteiger partial charge in [0.15, 0.2) is 0 Å². The fourth-order valence-corrected chi connectivity index (χ4v) is 2.43. The second kappa shape index (κ2) is 7.35. The van der Waals surface area contributed by atoms with Gasteiger partial charge in [-0.2, -0.15) is 26.3 Å². The van der Waals surface area contributed by atoms with E-state index in [2.05, 4.69) is 27.9 Å². The van der Waals surface area contributed by atoms with Crippen LogP contribution in [0.5, 0.6) is 0 Å². The number of alkyl halides is 10. The molecule has 0 aromatic carbocycles. The lowest BCUT2D eigenvalue weighted by atomic mass is 9.85. The van der Waals surface area contributed by atoms with E-state index in [-0.39, 0.29) is 6.42 Å². The van der Waals surface area contributed by atoms with E-state index in [4.69, 9.17) is 0 Å². The molecule has 0 aliphatic rings. The van der Waals surface area contributed by atoms with E-state index in [0.717, 1.165) is 0 Å². The zero-order valence-electron chi connectivity index (χ0n) is 11.5.